The van der Waals surface area contributed by atoms with Crippen LogP contribution in [-0.2, 0) is 14.8 Å². The van der Waals surface area contributed by atoms with E-state index in [9.17, 15) is 23.3 Å². The zero-order valence-electron chi connectivity index (χ0n) is 16.2. The molecule has 0 saturated heterocycles. The minimum absolute atomic E-state index is 0.110. The molecule has 1 saturated carbocycles. The molecule has 1 atom stereocenters. The van der Waals surface area contributed by atoms with Gasteiger partial charge in [-0.15, -0.1) is 0 Å². The Hall–Kier alpha value is -1.81. The van der Waals surface area contributed by atoms with Gasteiger partial charge in [-0.3, -0.25) is 19.2 Å². The van der Waals surface area contributed by atoms with E-state index in [4.69, 9.17) is 0 Å². The highest BCUT2D eigenvalue weighted by molar-refractivity contribution is 7.99. The van der Waals surface area contributed by atoms with Gasteiger partial charge in [0.15, 0.2) is 0 Å². The van der Waals surface area contributed by atoms with Crippen LogP contribution in [0, 0.1) is 10.1 Å². The lowest BCUT2D eigenvalue weighted by Gasteiger charge is -2.30. The summed E-state index contributed by atoms with van der Waals surface area (Å²) in [7, 11) is -3.82. The van der Waals surface area contributed by atoms with Crippen molar-refractivity contribution in [2.45, 2.75) is 50.3 Å². The molecule has 0 unspecified atom stereocenters. The zero-order valence-corrected chi connectivity index (χ0v) is 17.8. The first-order valence-electron chi connectivity index (χ1n) is 9.37. The smallest absolute Gasteiger partial charge is 0.271 e. The Morgan fingerprint density at radius 1 is 1.39 bits per heavy atom. The third-order valence-electron chi connectivity index (χ3n) is 4.68. The van der Waals surface area contributed by atoms with E-state index in [0.717, 1.165) is 16.3 Å². The van der Waals surface area contributed by atoms with Gasteiger partial charge < -0.3 is 5.32 Å². The molecule has 0 aromatic heterocycles. The number of benzene rings is 1. The first-order chi connectivity index (χ1) is 13.2. The molecule has 10 heteroatoms. The monoisotopic (exact) mass is 429 g/mol. The number of nitro groups is 1. The Labute approximate surface area is 170 Å². The first kappa shape index (κ1) is 22.5. The average Bonchev–Trinajstić information content (AvgIpc) is 3.15. The number of rotatable bonds is 10. The molecule has 1 amide bonds. The molecule has 1 aromatic carbocycles. The number of hydrogen-bond acceptors (Lipinski definition) is 6. The maximum absolute atomic E-state index is 12.7. The Morgan fingerprint density at radius 3 is 2.64 bits per heavy atom. The van der Waals surface area contributed by atoms with Crippen LogP contribution < -0.4 is 9.62 Å². The van der Waals surface area contributed by atoms with Crippen molar-refractivity contribution in [3.8, 4) is 0 Å². The fourth-order valence-corrected chi connectivity index (χ4v) is 5.80. The second-order valence-corrected chi connectivity index (χ2v) is 10.1. The number of sulfonamides is 1. The lowest BCUT2D eigenvalue weighted by molar-refractivity contribution is -0.384. The summed E-state index contributed by atoms with van der Waals surface area (Å²) in [6, 6.07) is 4.36. The van der Waals surface area contributed by atoms with E-state index in [1.807, 2.05) is 11.8 Å². The number of amides is 1. The number of anilines is 1. The maximum Gasteiger partial charge on any atom is 0.271 e. The summed E-state index contributed by atoms with van der Waals surface area (Å²) < 4.78 is 25.8. The van der Waals surface area contributed by atoms with E-state index >= 15 is 0 Å². The molecule has 1 N–H and O–H groups in total. The summed E-state index contributed by atoms with van der Waals surface area (Å²) in [5.41, 5.74) is -0.117. The molecule has 8 nitrogen and oxygen atoms in total. The van der Waals surface area contributed by atoms with Gasteiger partial charge in [0.1, 0.15) is 6.04 Å². The summed E-state index contributed by atoms with van der Waals surface area (Å²) >= 11 is 1.84. The topological polar surface area (TPSA) is 110 Å². The van der Waals surface area contributed by atoms with E-state index < -0.39 is 26.9 Å². The molecule has 156 valence electrons. The molecule has 0 aliphatic heterocycles. The summed E-state index contributed by atoms with van der Waals surface area (Å²) in [5, 5.41) is 14.5. The summed E-state index contributed by atoms with van der Waals surface area (Å²) in [5.74, 6) is 0.383. The second-order valence-electron chi connectivity index (χ2n) is 6.83. The van der Waals surface area contributed by atoms with Gasteiger partial charge in [0.25, 0.3) is 5.69 Å². The summed E-state index contributed by atoms with van der Waals surface area (Å²) in [4.78, 5) is 23.1. The van der Waals surface area contributed by atoms with Crippen LogP contribution >= 0.6 is 11.8 Å². The molecule has 2 rings (SSSR count). The minimum atomic E-state index is -3.82. The van der Waals surface area contributed by atoms with Gasteiger partial charge in [-0.2, -0.15) is 11.8 Å². The van der Waals surface area contributed by atoms with Crippen LogP contribution in [0.4, 0.5) is 11.4 Å². The van der Waals surface area contributed by atoms with Gasteiger partial charge in [-0.1, -0.05) is 25.8 Å². The molecule has 28 heavy (non-hydrogen) atoms. The van der Waals surface area contributed by atoms with E-state index in [2.05, 4.69) is 5.32 Å². The third kappa shape index (κ3) is 6.10. The third-order valence-corrected chi connectivity index (χ3v) is 7.24. The minimum Gasteiger partial charge on any atom is -0.353 e. The average molecular weight is 430 g/mol. The fourth-order valence-electron chi connectivity index (χ4n) is 3.38. The molecule has 0 bridgehead atoms. The summed E-state index contributed by atoms with van der Waals surface area (Å²) in [6.07, 6.45) is 6.19. The van der Waals surface area contributed by atoms with Gasteiger partial charge in [0.2, 0.25) is 15.9 Å². The number of thioether (sulfide) groups is 1. The highest BCUT2D eigenvalue weighted by atomic mass is 32.2. The predicted molar refractivity (Wildman–Crippen MR) is 112 cm³/mol. The molecule has 0 heterocycles. The Kier molecular flexibility index (Phi) is 8.11. The van der Waals surface area contributed by atoms with Gasteiger partial charge >= 0.3 is 0 Å². The first-order valence-corrected chi connectivity index (χ1v) is 12.3. The van der Waals surface area contributed by atoms with Crippen LogP contribution in [0.15, 0.2) is 24.3 Å². The molecule has 1 aliphatic rings. The molecular formula is C18H27N3O5S2. The van der Waals surface area contributed by atoms with Crippen molar-refractivity contribution in [3.05, 3.63) is 34.4 Å². The van der Waals surface area contributed by atoms with Gasteiger partial charge in [-0.05, 0) is 25.3 Å². The van der Waals surface area contributed by atoms with Crippen molar-refractivity contribution < 1.29 is 18.1 Å². The maximum atomic E-state index is 12.7. The van der Waals surface area contributed by atoms with Crippen LogP contribution in [-0.4, -0.2) is 49.1 Å². The Bertz CT molecular complexity index is 794. The van der Waals surface area contributed by atoms with E-state index in [-0.39, 0.29) is 17.8 Å². The molecule has 1 fully saturated rings. The van der Waals surface area contributed by atoms with Gasteiger partial charge in [0.05, 0.1) is 16.9 Å². The van der Waals surface area contributed by atoms with Crippen LogP contribution in [0.3, 0.4) is 0 Å². The SMILES string of the molecule is CC[C@@H](C(=O)NCCSC1CCCC1)N(c1cccc([N+](=O)[O-])c1)S(C)(=O)=O. The number of carbonyl (C=O) groups excluding carboxylic acids is 1. The number of non-ortho nitro benzene ring substituents is 1. The highest BCUT2D eigenvalue weighted by Gasteiger charge is 2.32. The van der Waals surface area contributed by atoms with Crippen molar-refractivity contribution in [2.75, 3.05) is 22.9 Å². The number of carbonyl (C=O) groups is 1. The Balaban J connectivity index is 2.10. The summed E-state index contributed by atoms with van der Waals surface area (Å²) in [6.45, 7) is 2.18. The number of nitrogens with zero attached hydrogens (tertiary/aromatic N) is 2. The van der Waals surface area contributed by atoms with Crippen molar-refractivity contribution in [1.82, 2.24) is 5.32 Å². The second kappa shape index (κ2) is 10.1. The van der Waals surface area contributed by atoms with Gasteiger partial charge in [0, 0.05) is 29.7 Å². The predicted octanol–water partition coefficient (Wildman–Crippen LogP) is 2.93. The van der Waals surface area contributed by atoms with E-state index in [1.165, 1.54) is 49.9 Å². The molecule has 0 spiro atoms. The Morgan fingerprint density at radius 2 is 2.07 bits per heavy atom. The molecule has 0 radical (unpaired) electrons. The number of hydrogen-bond donors (Lipinski definition) is 1. The quantitative estimate of drug-likeness (QED) is 0.348. The van der Waals surface area contributed by atoms with Crippen molar-refractivity contribution in [3.63, 3.8) is 0 Å². The van der Waals surface area contributed by atoms with E-state index in [0.29, 0.717) is 11.8 Å². The normalized spacial score (nSPS) is 15.9. The molecule has 1 aromatic rings. The van der Waals surface area contributed by atoms with Crippen LogP contribution in [0.1, 0.15) is 39.0 Å². The molecular weight excluding hydrogens is 402 g/mol. The zero-order chi connectivity index (χ0) is 20.7. The lowest BCUT2D eigenvalue weighted by atomic mass is 10.2. The number of nitro benzene ring substituents is 1. The largest absolute Gasteiger partial charge is 0.353 e. The lowest BCUT2D eigenvalue weighted by Crippen LogP contribution is -2.49. The fraction of sp³-hybridized carbons (Fsp3) is 0.611. The van der Waals surface area contributed by atoms with Crippen LogP contribution in [0.2, 0.25) is 0 Å². The van der Waals surface area contributed by atoms with Crippen LogP contribution in [0.5, 0.6) is 0 Å². The molecule has 1 aliphatic carbocycles. The van der Waals surface area contributed by atoms with Crippen LogP contribution in [0.25, 0.3) is 0 Å². The van der Waals surface area contributed by atoms with E-state index in [1.54, 1.807) is 6.92 Å². The van der Waals surface area contributed by atoms with Gasteiger partial charge in [-0.25, -0.2) is 8.42 Å². The number of nitrogens with one attached hydrogen (secondary N) is 1. The standard InChI is InChI=1S/C18H27N3O5S2/c1-3-17(18(22)19-11-12-27-16-9-4-5-10-16)20(28(2,25)26)14-7-6-8-15(13-14)21(23)24/h6-8,13,16-17H,3-5,9-12H2,1-2H3,(H,19,22)/t17-/m0/s1. The van der Waals surface area contributed by atoms with Crippen molar-refractivity contribution in [2.24, 2.45) is 0 Å². The van der Waals surface area contributed by atoms with Crippen molar-refractivity contribution >= 4 is 39.1 Å². The highest BCUT2D eigenvalue weighted by Crippen LogP contribution is 2.29. The van der Waals surface area contributed by atoms with Crippen molar-refractivity contribution in [1.29, 1.82) is 0 Å².